The zero-order valence-corrected chi connectivity index (χ0v) is 9.76. The Bertz CT molecular complexity index is 319. The standard InChI is InChI=1S/C11H17F3N2O/c1-10(15,11(12,13)14)9(17)16(8-4-5-8)6-7-2-3-7/h7-8H,2-6,15H2,1H3. The van der Waals surface area contributed by atoms with Crippen molar-refractivity contribution < 1.29 is 18.0 Å². The lowest BCUT2D eigenvalue weighted by Crippen LogP contribution is -2.62. The summed E-state index contributed by atoms with van der Waals surface area (Å²) in [6.45, 7) is 1.20. The van der Waals surface area contributed by atoms with E-state index in [0.29, 0.717) is 12.5 Å². The van der Waals surface area contributed by atoms with Crippen LogP contribution < -0.4 is 5.73 Å². The molecule has 1 amide bonds. The zero-order valence-electron chi connectivity index (χ0n) is 9.76. The molecule has 0 aromatic carbocycles. The molecule has 6 heteroatoms. The van der Waals surface area contributed by atoms with E-state index in [1.807, 2.05) is 0 Å². The molecule has 2 rings (SSSR count). The van der Waals surface area contributed by atoms with Crippen molar-refractivity contribution in [2.75, 3.05) is 6.54 Å². The fraction of sp³-hybridized carbons (Fsp3) is 0.909. The van der Waals surface area contributed by atoms with Gasteiger partial charge in [0.2, 0.25) is 0 Å². The normalized spacial score (nSPS) is 24.3. The molecular formula is C11H17F3N2O. The Morgan fingerprint density at radius 1 is 1.29 bits per heavy atom. The van der Waals surface area contributed by atoms with Crippen LogP contribution in [-0.2, 0) is 4.79 Å². The number of rotatable bonds is 4. The van der Waals surface area contributed by atoms with Crippen molar-refractivity contribution in [1.29, 1.82) is 0 Å². The second-order valence-corrected chi connectivity index (χ2v) is 5.33. The van der Waals surface area contributed by atoms with Crippen molar-refractivity contribution in [2.45, 2.75) is 50.4 Å². The van der Waals surface area contributed by atoms with Crippen LogP contribution in [0.1, 0.15) is 32.6 Å². The van der Waals surface area contributed by atoms with Crippen LogP contribution >= 0.6 is 0 Å². The number of hydrogen-bond acceptors (Lipinski definition) is 2. The molecule has 2 N–H and O–H groups in total. The number of alkyl halides is 3. The minimum atomic E-state index is -4.69. The third kappa shape index (κ3) is 2.56. The quantitative estimate of drug-likeness (QED) is 0.825. The molecule has 1 atom stereocenters. The van der Waals surface area contributed by atoms with Gasteiger partial charge in [-0.15, -0.1) is 0 Å². The molecule has 0 saturated heterocycles. The third-order valence-corrected chi connectivity index (χ3v) is 3.43. The number of carbonyl (C=O) groups excluding carboxylic acids is 1. The highest BCUT2D eigenvalue weighted by Gasteiger charge is 2.57. The first-order valence-electron chi connectivity index (χ1n) is 5.90. The van der Waals surface area contributed by atoms with Gasteiger partial charge in [0.05, 0.1) is 0 Å². The molecule has 0 heterocycles. The Morgan fingerprint density at radius 3 is 2.18 bits per heavy atom. The molecule has 0 bridgehead atoms. The average Bonchev–Trinajstić information content (AvgIpc) is 3.02. The zero-order chi connectivity index (χ0) is 12.8. The molecule has 0 aromatic heterocycles. The molecule has 1 unspecified atom stereocenters. The molecule has 3 nitrogen and oxygen atoms in total. The first-order chi connectivity index (χ1) is 7.73. The van der Waals surface area contributed by atoms with E-state index in [4.69, 9.17) is 5.73 Å². The van der Waals surface area contributed by atoms with Crippen LogP contribution in [0, 0.1) is 5.92 Å². The smallest absolute Gasteiger partial charge is 0.338 e. The minimum absolute atomic E-state index is 0.0201. The van der Waals surface area contributed by atoms with Crippen molar-refractivity contribution in [1.82, 2.24) is 4.90 Å². The van der Waals surface area contributed by atoms with E-state index in [1.165, 1.54) is 4.90 Å². The van der Waals surface area contributed by atoms with Crippen molar-refractivity contribution in [3.05, 3.63) is 0 Å². The van der Waals surface area contributed by atoms with Crippen molar-refractivity contribution in [2.24, 2.45) is 11.7 Å². The monoisotopic (exact) mass is 250 g/mol. The van der Waals surface area contributed by atoms with E-state index in [0.717, 1.165) is 32.6 Å². The van der Waals surface area contributed by atoms with Gasteiger partial charge in [-0.1, -0.05) is 0 Å². The Hall–Kier alpha value is -0.780. The number of amides is 1. The Balaban J connectivity index is 2.09. The number of halogens is 3. The van der Waals surface area contributed by atoms with Crippen LogP contribution in [0.3, 0.4) is 0 Å². The van der Waals surface area contributed by atoms with Crippen LogP contribution in [0.25, 0.3) is 0 Å². The number of nitrogens with two attached hydrogens (primary N) is 1. The largest absolute Gasteiger partial charge is 0.415 e. The summed E-state index contributed by atoms with van der Waals surface area (Å²) in [6, 6.07) is -0.0201. The molecule has 2 fully saturated rings. The SMILES string of the molecule is CC(N)(C(=O)N(CC1CC1)C1CC1)C(F)(F)F. The second kappa shape index (κ2) is 3.86. The highest BCUT2D eigenvalue weighted by Crippen LogP contribution is 2.38. The summed E-state index contributed by atoms with van der Waals surface area (Å²) < 4.78 is 38.1. The van der Waals surface area contributed by atoms with E-state index >= 15 is 0 Å². The maximum Gasteiger partial charge on any atom is 0.415 e. The summed E-state index contributed by atoms with van der Waals surface area (Å²) in [7, 11) is 0. The molecule has 2 aliphatic rings. The molecule has 2 saturated carbocycles. The Labute approximate surface area is 98.1 Å². The molecule has 0 radical (unpaired) electrons. The topological polar surface area (TPSA) is 46.3 Å². The second-order valence-electron chi connectivity index (χ2n) is 5.33. The maximum absolute atomic E-state index is 12.7. The van der Waals surface area contributed by atoms with Gasteiger partial charge in [0.1, 0.15) is 0 Å². The lowest BCUT2D eigenvalue weighted by molar-refractivity contribution is -0.194. The van der Waals surface area contributed by atoms with Gasteiger partial charge in [-0.05, 0) is 38.5 Å². The van der Waals surface area contributed by atoms with E-state index in [-0.39, 0.29) is 6.04 Å². The van der Waals surface area contributed by atoms with Crippen molar-refractivity contribution in [3.8, 4) is 0 Å². The van der Waals surface area contributed by atoms with Gasteiger partial charge in [-0.25, -0.2) is 0 Å². The summed E-state index contributed by atoms with van der Waals surface area (Å²) in [5.41, 5.74) is 2.42. The lowest BCUT2D eigenvalue weighted by Gasteiger charge is -2.33. The number of hydrogen-bond donors (Lipinski definition) is 1. The van der Waals surface area contributed by atoms with Crippen LogP contribution in [0.15, 0.2) is 0 Å². The Kier molecular flexibility index (Phi) is 2.88. The summed E-state index contributed by atoms with van der Waals surface area (Å²) in [6.07, 6.45) is -1.09. The minimum Gasteiger partial charge on any atom is -0.338 e. The Morgan fingerprint density at radius 2 is 1.82 bits per heavy atom. The molecule has 0 spiro atoms. The van der Waals surface area contributed by atoms with Gasteiger partial charge in [-0.2, -0.15) is 13.2 Å². The fourth-order valence-electron chi connectivity index (χ4n) is 1.78. The predicted molar refractivity (Wildman–Crippen MR) is 56.1 cm³/mol. The molecule has 17 heavy (non-hydrogen) atoms. The van der Waals surface area contributed by atoms with Crippen molar-refractivity contribution in [3.63, 3.8) is 0 Å². The highest BCUT2D eigenvalue weighted by atomic mass is 19.4. The van der Waals surface area contributed by atoms with Gasteiger partial charge in [-0.3, -0.25) is 4.79 Å². The molecular weight excluding hydrogens is 233 g/mol. The van der Waals surface area contributed by atoms with Gasteiger partial charge in [0, 0.05) is 12.6 Å². The van der Waals surface area contributed by atoms with Gasteiger partial charge >= 0.3 is 6.18 Å². The van der Waals surface area contributed by atoms with Crippen LogP contribution in [-0.4, -0.2) is 35.1 Å². The van der Waals surface area contributed by atoms with E-state index in [1.54, 1.807) is 0 Å². The van der Waals surface area contributed by atoms with E-state index in [9.17, 15) is 18.0 Å². The summed E-state index contributed by atoms with van der Waals surface area (Å²) in [5, 5.41) is 0. The number of nitrogens with zero attached hydrogens (tertiary/aromatic N) is 1. The summed E-state index contributed by atoms with van der Waals surface area (Å²) in [4.78, 5) is 13.3. The number of carbonyl (C=O) groups is 1. The molecule has 0 aromatic rings. The van der Waals surface area contributed by atoms with Crippen LogP contribution in [0.4, 0.5) is 13.2 Å². The fourth-order valence-corrected chi connectivity index (χ4v) is 1.78. The predicted octanol–water partition coefficient (Wildman–Crippen LogP) is 1.67. The van der Waals surface area contributed by atoms with Crippen molar-refractivity contribution >= 4 is 5.91 Å². The van der Waals surface area contributed by atoms with Crippen LogP contribution in [0.5, 0.6) is 0 Å². The first kappa shape index (κ1) is 12.7. The molecule has 2 aliphatic carbocycles. The van der Waals surface area contributed by atoms with Crippen LogP contribution in [0.2, 0.25) is 0 Å². The lowest BCUT2D eigenvalue weighted by atomic mass is 10.0. The molecule has 98 valence electrons. The van der Waals surface area contributed by atoms with E-state index < -0.39 is 17.6 Å². The average molecular weight is 250 g/mol. The maximum atomic E-state index is 12.7. The summed E-state index contributed by atoms with van der Waals surface area (Å²) in [5.74, 6) is -0.594. The first-order valence-corrected chi connectivity index (χ1v) is 5.90. The van der Waals surface area contributed by atoms with Gasteiger partial charge in [0.15, 0.2) is 5.54 Å². The van der Waals surface area contributed by atoms with Gasteiger partial charge in [0.25, 0.3) is 5.91 Å². The van der Waals surface area contributed by atoms with E-state index in [2.05, 4.69) is 0 Å². The summed E-state index contributed by atoms with van der Waals surface area (Å²) >= 11 is 0. The molecule has 0 aliphatic heterocycles. The van der Waals surface area contributed by atoms with Gasteiger partial charge < -0.3 is 10.6 Å². The highest BCUT2D eigenvalue weighted by molar-refractivity contribution is 5.87. The third-order valence-electron chi connectivity index (χ3n) is 3.43.